The van der Waals surface area contributed by atoms with Crippen molar-refractivity contribution in [1.82, 2.24) is 5.32 Å². The third-order valence-electron chi connectivity index (χ3n) is 3.97. The van der Waals surface area contributed by atoms with E-state index < -0.39 is 11.5 Å². The van der Waals surface area contributed by atoms with Crippen molar-refractivity contribution in [2.45, 2.75) is 45.6 Å². The number of carboxylic acids is 1. The number of carbonyl (C=O) groups is 1. The molecule has 4 heteroatoms. The largest absolute Gasteiger partial charge is 0.480 e. The molecule has 0 heterocycles. The van der Waals surface area contributed by atoms with E-state index in [2.05, 4.69) is 41.4 Å². The number of hydrogen-bond acceptors (Lipinski definition) is 3. The Morgan fingerprint density at radius 2 is 1.90 bits per heavy atom. The number of carboxylic acid groups (broad SMARTS) is 1. The van der Waals surface area contributed by atoms with Gasteiger partial charge >= 0.3 is 5.97 Å². The van der Waals surface area contributed by atoms with Crippen LogP contribution in [0.5, 0.6) is 0 Å². The molecule has 1 atom stereocenters. The summed E-state index contributed by atoms with van der Waals surface area (Å²) in [6.07, 6.45) is 2.52. The fourth-order valence-electron chi connectivity index (χ4n) is 2.18. The first-order valence-corrected chi connectivity index (χ1v) is 7.71. The Bertz CT molecular complexity index is 445. The van der Waals surface area contributed by atoms with Crippen LogP contribution in [0, 0.1) is 0 Å². The van der Waals surface area contributed by atoms with Crippen molar-refractivity contribution >= 4 is 11.7 Å². The number of anilines is 1. The number of nitrogens with one attached hydrogen (secondary N) is 1. The van der Waals surface area contributed by atoms with Gasteiger partial charge in [0.15, 0.2) is 0 Å². The normalized spacial score (nSPS) is 13.7. The summed E-state index contributed by atoms with van der Waals surface area (Å²) in [7, 11) is 2.00. The molecule has 0 aliphatic carbocycles. The molecular weight excluding hydrogens is 264 g/mol. The lowest BCUT2D eigenvalue weighted by molar-refractivity contribution is -0.144. The third-order valence-corrected chi connectivity index (χ3v) is 3.97. The van der Waals surface area contributed by atoms with Gasteiger partial charge in [-0.1, -0.05) is 26.0 Å². The summed E-state index contributed by atoms with van der Waals surface area (Å²) in [6, 6.07) is 8.43. The van der Waals surface area contributed by atoms with Crippen molar-refractivity contribution in [2.75, 3.05) is 25.0 Å². The molecule has 4 nitrogen and oxygen atoms in total. The van der Waals surface area contributed by atoms with E-state index in [1.807, 2.05) is 14.0 Å². The van der Waals surface area contributed by atoms with E-state index in [-0.39, 0.29) is 0 Å². The van der Waals surface area contributed by atoms with Gasteiger partial charge in [-0.25, -0.2) is 0 Å². The SMILES string of the molecule is CCCNC(C)(CCN(C)c1ccc(CC)cc1)C(=O)O. The molecule has 0 saturated heterocycles. The highest BCUT2D eigenvalue weighted by molar-refractivity contribution is 5.78. The average molecular weight is 292 g/mol. The summed E-state index contributed by atoms with van der Waals surface area (Å²) in [6.45, 7) is 7.36. The van der Waals surface area contributed by atoms with Gasteiger partial charge in [0.2, 0.25) is 0 Å². The second kappa shape index (κ2) is 8.03. The van der Waals surface area contributed by atoms with Crippen molar-refractivity contribution in [1.29, 1.82) is 0 Å². The van der Waals surface area contributed by atoms with E-state index in [0.717, 1.165) is 25.1 Å². The predicted molar refractivity (Wildman–Crippen MR) is 88.0 cm³/mol. The number of nitrogens with zero attached hydrogens (tertiary/aromatic N) is 1. The smallest absolute Gasteiger partial charge is 0.323 e. The molecular formula is C17H28N2O2. The Kier molecular flexibility index (Phi) is 6.69. The zero-order valence-electron chi connectivity index (χ0n) is 13.6. The maximum absolute atomic E-state index is 11.5. The summed E-state index contributed by atoms with van der Waals surface area (Å²) in [4.78, 5) is 13.6. The van der Waals surface area contributed by atoms with E-state index >= 15 is 0 Å². The fourth-order valence-corrected chi connectivity index (χ4v) is 2.18. The Labute approximate surface area is 128 Å². The van der Waals surface area contributed by atoms with Crippen LogP contribution in [0.15, 0.2) is 24.3 Å². The van der Waals surface area contributed by atoms with Crippen molar-refractivity contribution in [3.05, 3.63) is 29.8 Å². The summed E-state index contributed by atoms with van der Waals surface area (Å²) in [5.74, 6) is -0.786. The fraction of sp³-hybridized carbons (Fsp3) is 0.588. The first kappa shape index (κ1) is 17.5. The Morgan fingerprint density at radius 1 is 1.29 bits per heavy atom. The topological polar surface area (TPSA) is 52.6 Å². The highest BCUT2D eigenvalue weighted by Crippen LogP contribution is 2.17. The second-order valence-electron chi connectivity index (χ2n) is 5.76. The Balaban J connectivity index is 2.63. The predicted octanol–water partition coefficient (Wildman–Crippen LogP) is 2.92. The highest BCUT2D eigenvalue weighted by Gasteiger charge is 2.32. The first-order valence-electron chi connectivity index (χ1n) is 7.71. The lowest BCUT2D eigenvalue weighted by Gasteiger charge is -2.29. The van der Waals surface area contributed by atoms with Gasteiger partial charge in [-0.3, -0.25) is 4.79 Å². The molecule has 0 aliphatic heterocycles. The highest BCUT2D eigenvalue weighted by atomic mass is 16.4. The number of rotatable bonds is 9. The summed E-state index contributed by atoms with van der Waals surface area (Å²) >= 11 is 0. The first-order chi connectivity index (χ1) is 9.92. The van der Waals surface area contributed by atoms with E-state index in [4.69, 9.17) is 0 Å². The average Bonchev–Trinajstić information content (AvgIpc) is 2.50. The number of hydrogen-bond donors (Lipinski definition) is 2. The van der Waals surface area contributed by atoms with Gasteiger partial charge in [0.05, 0.1) is 0 Å². The molecule has 0 bridgehead atoms. The molecule has 0 radical (unpaired) electrons. The molecule has 0 aromatic heterocycles. The van der Waals surface area contributed by atoms with Crippen molar-refractivity contribution < 1.29 is 9.90 Å². The number of benzene rings is 1. The quantitative estimate of drug-likeness (QED) is 0.735. The lowest BCUT2D eigenvalue weighted by Crippen LogP contribution is -2.51. The Morgan fingerprint density at radius 3 is 2.38 bits per heavy atom. The molecule has 1 unspecified atom stereocenters. The molecule has 1 rings (SSSR count). The van der Waals surface area contributed by atoms with Gasteiger partial charge in [-0.15, -0.1) is 0 Å². The minimum atomic E-state index is -0.867. The summed E-state index contributed by atoms with van der Waals surface area (Å²) < 4.78 is 0. The number of aryl methyl sites for hydroxylation is 1. The van der Waals surface area contributed by atoms with Crippen LogP contribution < -0.4 is 10.2 Å². The van der Waals surface area contributed by atoms with Gasteiger partial charge in [0.25, 0.3) is 0 Å². The van der Waals surface area contributed by atoms with Crippen LogP contribution in [0.1, 0.15) is 39.2 Å². The van der Waals surface area contributed by atoms with Crippen LogP contribution >= 0.6 is 0 Å². The zero-order chi connectivity index (χ0) is 15.9. The van der Waals surface area contributed by atoms with E-state index in [9.17, 15) is 9.90 Å². The summed E-state index contributed by atoms with van der Waals surface area (Å²) in [5, 5.41) is 12.6. The molecule has 0 saturated carbocycles. The van der Waals surface area contributed by atoms with Crippen LogP contribution in [-0.4, -0.2) is 36.8 Å². The molecule has 2 N–H and O–H groups in total. The molecule has 0 aliphatic rings. The lowest BCUT2D eigenvalue weighted by atomic mass is 9.97. The minimum absolute atomic E-state index is 0.564. The van der Waals surface area contributed by atoms with Gasteiger partial charge in [0, 0.05) is 19.3 Å². The molecule has 1 aromatic rings. The van der Waals surface area contributed by atoms with Crippen molar-refractivity contribution in [3.8, 4) is 0 Å². The molecule has 1 aromatic carbocycles. The van der Waals surface area contributed by atoms with E-state index in [1.165, 1.54) is 5.56 Å². The monoisotopic (exact) mass is 292 g/mol. The van der Waals surface area contributed by atoms with Gasteiger partial charge in [-0.05, 0) is 50.4 Å². The Hall–Kier alpha value is -1.55. The maximum atomic E-state index is 11.5. The van der Waals surface area contributed by atoms with Crippen molar-refractivity contribution in [2.24, 2.45) is 0 Å². The standard InChI is InChI=1S/C17H28N2O2/c1-5-12-18-17(3,16(20)21)11-13-19(4)15-9-7-14(6-2)8-10-15/h7-10,18H,5-6,11-13H2,1-4H3,(H,20,21). The molecule has 0 spiro atoms. The van der Waals surface area contributed by atoms with Crippen LogP contribution in [0.2, 0.25) is 0 Å². The maximum Gasteiger partial charge on any atom is 0.323 e. The molecule has 118 valence electrons. The zero-order valence-corrected chi connectivity index (χ0v) is 13.6. The molecule has 0 fully saturated rings. The van der Waals surface area contributed by atoms with E-state index in [1.54, 1.807) is 6.92 Å². The minimum Gasteiger partial charge on any atom is -0.480 e. The molecule has 21 heavy (non-hydrogen) atoms. The van der Waals surface area contributed by atoms with Gasteiger partial charge < -0.3 is 15.3 Å². The van der Waals surface area contributed by atoms with Crippen LogP contribution in [0.25, 0.3) is 0 Å². The molecule has 0 amide bonds. The van der Waals surface area contributed by atoms with Crippen molar-refractivity contribution in [3.63, 3.8) is 0 Å². The van der Waals surface area contributed by atoms with Crippen LogP contribution in [0.3, 0.4) is 0 Å². The van der Waals surface area contributed by atoms with Gasteiger partial charge in [-0.2, -0.15) is 0 Å². The second-order valence-corrected chi connectivity index (χ2v) is 5.76. The van der Waals surface area contributed by atoms with Crippen LogP contribution in [-0.2, 0) is 11.2 Å². The third kappa shape index (κ3) is 5.05. The summed E-state index contributed by atoms with van der Waals surface area (Å²) in [5.41, 5.74) is 1.57. The van der Waals surface area contributed by atoms with E-state index in [0.29, 0.717) is 13.0 Å². The van der Waals surface area contributed by atoms with Crippen LogP contribution in [0.4, 0.5) is 5.69 Å². The van der Waals surface area contributed by atoms with Gasteiger partial charge in [0.1, 0.15) is 5.54 Å². The number of aliphatic carboxylic acids is 1.